The van der Waals surface area contributed by atoms with Gasteiger partial charge in [-0.1, -0.05) is 51.3 Å². The Hall–Kier alpha value is -2.73. The molecule has 0 amide bonds. The number of benzene rings is 3. The molecule has 0 spiro atoms. The van der Waals surface area contributed by atoms with Gasteiger partial charge in [0, 0.05) is 37.0 Å². The molecule has 174 valence electrons. The zero-order valence-corrected chi connectivity index (χ0v) is 21.7. The average molecular weight is 559 g/mol. The summed E-state index contributed by atoms with van der Waals surface area (Å²) in [6.07, 6.45) is 0. The van der Waals surface area contributed by atoms with Gasteiger partial charge in [0.05, 0.1) is 17.9 Å². The lowest BCUT2D eigenvalue weighted by atomic mass is 10.1. The molecule has 0 unspecified atom stereocenters. The lowest BCUT2D eigenvalue weighted by Gasteiger charge is -2.17. The quantitative estimate of drug-likeness (QED) is 0.214. The van der Waals surface area contributed by atoms with E-state index in [-0.39, 0.29) is 12.6 Å². The van der Waals surface area contributed by atoms with Gasteiger partial charge in [0.25, 0.3) is 0 Å². The maximum atomic E-state index is 12.3. The van der Waals surface area contributed by atoms with Crippen molar-refractivity contribution in [1.82, 2.24) is 4.57 Å². The molecule has 0 aliphatic heterocycles. The highest BCUT2D eigenvalue weighted by atomic mass is 79.9. The van der Waals surface area contributed by atoms with Crippen molar-refractivity contribution >= 4 is 45.1 Å². The van der Waals surface area contributed by atoms with Crippen LogP contribution in [0.2, 0.25) is 10.0 Å². The number of aryl methyl sites for hydroxylation is 1. The second kappa shape index (κ2) is 10.7. The van der Waals surface area contributed by atoms with Crippen molar-refractivity contribution in [1.29, 1.82) is 0 Å². The highest BCUT2D eigenvalue weighted by molar-refractivity contribution is 9.10. The summed E-state index contributed by atoms with van der Waals surface area (Å²) in [4.78, 5) is 12.3. The summed E-state index contributed by atoms with van der Waals surface area (Å²) in [6.45, 7) is 4.36. The van der Waals surface area contributed by atoms with Gasteiger partial charge in [0.15, 0.2) is 0 Å². The van der Waals surface area contributed by atoms with E-state index in [9.17, 15) is 4.79 Å². The first kappa shape index (κ1) is 24.4. The third kappa shape index (κ3) is 5.17. The average Bonchev–Trinajstić information content (AvgIpc) is 3.21. The molecule has 34 heavy (non-hydrogen) atoms. The van der Waals surface area contributed by atoms with E-state index in [0.29, 0.717) is 28.0 Å². The molecule has 0 saturated heterocycles. The topological polar surface area (TPSA) is 40.5 Å². The predicted molar refractivity (Wildman–Crippen MR) is 140 cm³/mol. The molecular weight excluding hydrogens is 537 g/mol. The maximum absolute atomic E-state index is 12.3. The monoisotopic (exact) mass is 557 g/mol. The van der Waals surface area contributed by atoms with Crippen LogP contribution in [0.4, 0.5) is 0 Å². The lowest BCUT2D eigenvalue weighted by molar-refractivity contribution is 0.0526. The number of halogens is 3. The van der Waals surface area contributed by atoms with Crippen molar-refractivity contribution in [3.05, 3.63) is 104 Å². The molecule has 0 saturated carbocycles. The molecule has 7 heteroatoms. The zero-order chi connectivity index (χ0) is 24.2. The molecule has 1 heterocycles. The van der Waals surface area contributed by atoms with Crippen LogP contribution in [0.3, 0.4) is 0 Å². The Morgan fingerprint density at radius 2 is 1.71 bits per heavy atom. The third-order valence-corrected chi connectivity index (χ3v) is 6.54. The summed E-state index contributed by atoms with van der Waals surface area (Å²) in [7, 11) is 0. The van der Waals surface area contributed by atoms with Gasteiger partial charge in [-0.3, -0.25) is 0 Å². The summed E-state index contributed by atoms with van der Waals surface area (Å²) in [6, 6.07) is 22.7. The standard InChI is InChI=1S/C27H22BrCl2NO3/c1-3-33-27(32)18-6-4-7-20(14-18)31-17(2)10-12-25(31)21-15-19(28)11-13-26(21)34-16-22-23(29)8-5-9-24(22)30/h4-15H,3,16H2,1-2H3. The minimum Gasteiger partial charge on any atom is -0.488 e. The van der Waals surface area contributed by atoms with Crippen LogP contribution in [0.5, 0.6) is 5.75 Å². The molecule has 4 aromatic rings. The summed E-state index contributed by atoms with van der Waals surface area (Å²) < 4.78 is 14.4. The first-order valence-corrected chi connectivity index (χ1v) is 12.3. The highest BCUT2D eigenvalue weighted by Crippen LogP contribution is 2.37. The van der Waals surface area contributed by atoms with Crippen LogP contribution >= 0.6 is 39.1 Å². The molecule has 0 N–H and O–H groups in total. The van der Waals surface area contributed by atoms with Crippen molar-refractivity contribution < 1.29 is 14.3 Å². The van der Waals surface area contributed by atoms with Gasteiger partial charge in [0.1, 0.15) is 12.4 Å². The smallest absolute Gasteiger partial charge is 0.338 e. The molecule has 4 rings (SSSR count). The number of nitrogens with zero attached hydrogens (tertiary/aromatic N) is 1. The van der Waals surface area contributed by atoms with Gasteiger partial charge in [-0.2, -0.15) is 0 Å². The van der Waals surface area contributed by atoms with Crippen molar-refractivity contribution in [3.8, 4) is 22.7 Å². The van der Waals surface area contributed by atoms with E-state index in [1.165, 1.54) is 0 Å². The van der Waals surface area contributed by atoms with Crippen molar-refractivity contribution in [2.45, 2.75) is 20.5 Å². The number of esters is 1. The van der Waals surface area contributed by atoms with Crippen molar-refractivity contribution in [2.75, 3.05) is 6.61 Å². The molecule has 0 aliphatic rings. The molecule has 0 bridgehead atoms. The number of hydrogen-bond donors (Lipinski definition) is 0. The fraction of sp³-hybridized carbons (Fsp3) is 0.148. The SMILES string of the molecule is CCOC(=O)c1cccc(-n2c(C)ccc2-c2cc(Br)ccc2OCc2c(Cl)cccc2Cl)c1. The Morgan fingerprint density at radius 3 is 2.44 bits per heavy atom. The van der Waals surface area contributed by atoms with Crippen LogP contribution in [-0.2, 0) is 11.3 Å². The molecule has 0 aliphatic carbocycles. The summed E-state index contributed by atoms with van der Waals surface area (Å²) in [5.41, 5.74) is 4.89. The van der Waals surface area contributed by atoms with Crippen molar-refractivity contribution in [3.63, 3.8) is 0 Å². The Kier molecular flexibility index (Phi) is 7.67. The van der Waals surface area contributed by atoms with Gasteiger partial charge in [-0.25, -0.2) is 4.79 Å². The molecule has 0 fully saturated rings. The predicted octanol–water partition coefficient (Wildman–Crippen LogP) is 8.28. The Morgan fingerprint density at radius 1 is 0.971 bits per heavy atom. The molecule has 3 aromatic carbocycles. The van der Waals surface area contributed by atoms with Gasteiger partial charge < -0.3 is 14.0 Å². The molecule has 0 radical (unpaired) electrons. The lowest BCUT2D eigenvalue weighted by Crippen LogP contribution is -2.07. The fourth-order valence-corrected chi connectivity index (χ4v) is 4.59. The number of ether oxygens (including phenoxy) is 2. The van der Waals surface area contributed by atoms with Gasteiger partial charge in [0.2, 0.25) is 0 Å². The molecule has 1 aromatic heterocycles. The van der Waals surface area contributed by atoms with Crippen LogP contribution in [0.1, 0.15) is 28.5 Å². The van der Waals surface area contributed by atoms with E-state index in [2.05, 4.69) is 20.5 Å². The van der Waals surface area contributed by atoms with Crippen LogP contribution in [0, 0.1) is 6.92 Å². The number of rotatable bonds is 7. The minimum absolute atomic E-state index is 0.227. The summed E-state index contributed by atoms with van der Waals surface area (Å²) in [5, 5.41) is 1.11. The third-order valence-electron chi connectivity index (χ3n) is 5.34. The number of carbonyl (C=O) groups excluding carboxylic acids is 1. The van der Waals surface area contributed by atoms with E-state index < -0.39 is 0 Å². The largest absolute Gasteiger partial charge is 0.488 e. The van der Waals surface area contributed by atoms with Crippen LogP contribution in [0.25, 0.3) is 16.9 Å². The second-order valence-electron chi connectivity index (χ2n) is 7.60. The van der Waals surface area contributed by atoms with E-state index in [4.69, 9.17) is 32.7 Å². The summed E-state index contributed by atoms with van der Waals surface area (Å²) >= 11 is 16.3. The number of aromatic nitrogens is 1. The Labute approximate surface area is 217 Å². The first-order valence-electron chi connectivity index (χ1n) is 10.7. The maximum Gasteiger partial charge on any atom is 0.338 e. The van der Waals surface area contributed by atoms with E-state index in [0.717, 1.165) is 32.7 Å². The Balaban J connectivity index is 1.75. The van der Waals surface area contributed by atoms with E-state index in [1.807, 2.05) is 55.5 Å². The molecule has 4 nitrogen and oxygen atoms in total. The normalized spacial score (nSPS) is 10.9. The van der Waals surface area contributed by atoms with E-state index in [1.54, 1.807) is 31.2 Å². The highest BCUT2D eigenvalue weighted by Gasteiger charge is 2.17. The Bertz CT molecular complexity index is 1330. The van der Waals surface area contributed by atoms with Crippen LogP contribution in [0.15, 0.2) is 77.3 Å². The van der Waals surface area contributed by atoms with Crippen molar-refractivity contribution in [2.24, 2.45) is 0 Å². The van der Waals surface area contributed by atoms with Gasteiger partial charge in [-0.05, 0) is 74.5 Å². The number of carbonyl (C=O) groups is 1. The zero-order valence-electron chi connectivity index (χ0n) is 18.6. The van der Waals surface area contributed by atoms with Gasteiger partial charge >= 0.3 is 5.97 Å². The van der Waals surface area contributed by atoms with Crippen LogP contribution < -0.4 is 4.74 Å². The van der Waals surface area contributed by atoms with Crippen LogP contribution in [-0.4, -0.2) is 17.1 Å². The first-order chi connectivity index (χ1) is 16.4. The fourth-order valence-electron chi connectivity index (χ4n) is 3.73. The minimum atomic E-state index is -0.348. The summed E-state index contributed by atoms with van der Waals surface area (Å²) in [5.74, 6) is 0.332. The van der Waals surface area contributed by atoms with E-state index >= 15 is 0 Å². The molecular formula is C27H22BrCl2NO3. The molecule has 0 atom stereocenters. The number of hydrogen-bond acceptors (Lipinski definition) is 3. The second-order valence-corrected chi connectivity index (χ2v) is 9.33. The van der Waals surface area contributed by atoms with Gasteiger partial charge in [-0.15, -0.1) is 0 Å².